The molecule has 0 spiro atoms. The lowest BCUT2D eigenvalue weighted by atomic mass is 9.90. The lowest BCUT2D eigenvalue weighted by Crippen LogP contribution is -2.53. The van der Waals surface area contributed by atoms with E-state index in [0.717, 1.165) is 0 Å². The van der Waals surface area contributed by atoms with Crippen LogP contribution >= 0.6 is 0 Å². The molecule has 164 valence electrons. The maximum Gasteiger partial charge on any atom is 0.118 e. The minimum Gasteiger partial charge on any atom is -0.0624 e. The van der Waals surface area contributed by atoms with E-state index in [-0.39, 0.29) is 5.04 Å². The summed E-state index contributed by atoms with van der Waals surface area (Å²) in [6.45, 7) is 18.6. The molecule has 0 aliphatic heterocycles. The summed E-state index contributed by atoms with van der Waals surface area (Å²) in [5.41, 5.74) is 12.9. The molecular formula is C31H36Si. The van der Waals surface area contributed by atoms with Gasteiger partial charge >= 0.3 is 0 Å². The van der Waals surface area contributed by atoms with E-state index in [2.05, 4.69) is 122 Å². The molecule has 0 fully saturated rings. The lowest BCUT2D eigenvalue weighted by molar-refractivity contribution is 0.901. The molecule has 4 rings (SSSR count). The monoisotopic (exact) mass is 436 g/mol. The van der Waals surface area contributed by atoms with Gasteiger partial charge in [0.25, 0.3) is 0 Å². The van der Waals surface area contributed by atoms with Crippen LogP contribution in [0.25, 0.3) is 5.57 Å². The Morgan fingerprint density at radius 2 is 1.09 bits per heavy atom. The van der Waals surface area contributed by atoms with E-state index < -0.39 is 8.80 Å². The van der Waals surface area contributed by atoms with Crippen molar-refractivity contribution in [2.45, 2.75) is 60.4 Å². The Morgan fingerprint density at radius 1 is 0.594 bits per heavy atom. The summed E-state index contributed by atoms with van der Waals surface area (Å²) in [5, 5.41) is 3.15. The molecule has 1 aliphatic rings. The lowest BCUT2D eigenvalue weighted by Gasteiger charge is -2.40. The molecule has 0 radical (unpaired) electrons. The SMILES string of the molecule is CC1=C(C)C(C)([SiH](c2ccc(C)cc2C)c2ccc(C)cc2C)C(c2ccccc2)=C1C. The Balaban J connectivity index is 2.08. The summed E-state index contributed by atoms with van der Waals surface area (Å²) in [4.78, 5) is 0. The highest BCUT2D eigenvalue weighted by atomic mass is 28.3. The molecule has 0 amide bonds. The van der Waals surface area contributed by atoms with Gasteiger partial charge in [0.2, 0.25) is 0 Å². The van der Waals surface area contributed by atoms with Crippen molar-refractivity contribution in [3.05, 3.63) is 111 Å². The van der Waals surface area contributed by atoms with Crippen LogP contribution in [0.15, 0.2) is 83.4 Å². The van der Waals surface area contributed by atoms with Gasteiger partial charge < -0.3 is 0 Å². The van der Waals surface area contributed by atoms with Crippen molar-refractivity contribution in [3.8, 4) is 0 Å². The van der Waals surface area contributed by atoms with Crippen molar-refractivity contribution in [2.24, 2.45) is 0 Å². The average molecular weight is 437 g/mol. The third-order valence-corrected chi connectivity index (χ3v) is 12.3. The minimum absolute atomic E-state index is 0.00948. The molecule has 0 saturated carbocycles. The normalized spacial score (nSPS) is 18.8. The fourth-order valence-corrected chi connectivity index (χ4v) is 10.6. The molecule has 0 N–H and O–H groups in total. The van der Waals surface area contributed by atoms with Gasteiger partial charge in [-0.25, -0.2) is 0 Å². The molecule has 0 nitrogen and oxygen atoms in total. The third-order valence-electron chi connectivity index (χ3n) is 7.91. The zero-order chi connectivity index (χ0) is 23.2. The van der Waals surface area contributed by atoms with Crippen LogP contribution in [-0.4, -0.2) is 8.80 Å². The number of allylic oxidation sites excluding steroid dienone is 4. The fraction of sp³-hybridized carbons (Fsp3) is 0.290. The van der Waals surface area contributed by atoms with E-state index in [1.807, 2.05) is 0 Å². The molecule has 32 heavy (non-hydrogen) atoms. The van der Waals surface area contributed by atoms with Crippen molar-refractivity contribution < 1.29 is 0 Å². The van der Waals surface area contributed by atoms with Gasteiger partial charge in [0.05, 0.1) is 0 Å². The Kier molecular flexibility index (Phi) is 5.90. The molecular weight excluding hydrogens is 400 g/mol. The summed E-state index contributed by atoms with van der Waals surface area (Å²) in [7, 11) is -1.72. The molecule has 0 aromatic heterocycles. The molecule has 1 heteroatoms. The molecule has 0 saturated heterocycles. The third kappa shape index (κ3) is 3.53. The second kappa shape index (κ2) is 8.37. The number of benzene rings is 3. The Morgan fingerprint density at radius 3 is 1.56 bits per heavy atom. The summed E-state index contributed by atoms with van der Waals surface area (Å²) < 4.78 is 0. The second-order valence-electron chi connectivity index (χ2n) is 9.97. The molecule has 1 unspecified atom stereocenters. The van der Waals surface area contributed by atoms with Crippen LogP contribution in [0.4, 0.5) is 0 Å². The molecule has 1 aliphatic carbocycles. The van der Waals surface area contributed by atoms with Crippen LogP contribution in [0.2, 0.25) is 5.04 Å². The maximum atomic E-state index is 2.54. The van der Waals surface area contributed by atoms with E-state index >= 15 is 0 Å². The minimum atomic E-state index is -1.72. The molecule has 0 bridgehead atoms. The second-order valence-corrected chi connectivity index (χ2v) is 13.2. The van der Waals surface area contributed by atoms with Gasteiger partial charge in [-0.1, -0.05) is 112 Å². The van der Waals surface area contributed by atoms with Crippen LogP contribution < -0.4 is 10.4 Å². The standard InChI is InChI=1S/C31H36Si/c1-20-14-16-28(22(3)18-20)32(29-17-15-21(2)19-23(29)4)31(8)26(7)24(5)25(6)30(31)27-12-10-9-11-13-27/h9-19,32H,1-8H3. The summed E-state index contributed by atoms with van der Waals surface area (Å²) in [6, 6.07) is 25.4. The number of hydrogen-bond acceptors (Lipinski definition) is 0. The first-order valence-electron chi connectivity index (χ1n) is 11.8. The highest BCUT2D eigenvalue weighted by molar-refractivity contribution is 6.90. The zero-order valence-corrected chi connectivity index (χ0v) is 22.1. The van der Waals surface area contributed by atoms with Crippen molar-refractivity contribution >= 4 is 24.7 Å². The summed E-state index contributed by atoms with van der Waals surface area (Å²) in [6.07, 6.45) is 0. The van der Waals surface area contributed by atoms with Crippen molar-refractivity contribution in [2.75, 3.05) is 0 Å². The highest BCUT2D eigenvalue weighted by Gasteiger charge is 2.48. The van der Waals surface area contributed by atoms with Gasteiger partial charge in [0.15, 0.2) is 0 Å². The molecule has 0 heterocycles. The number of rotatable bonds is 4. The van der Waals surface area contributed by atoms with Gasteiger partial charge in [-0.15, -0.1) is 0 Å². The van der Waals surface area contributed by atoms with E-state index in [0.29, 0.717) is 0 Å². The van der Waals surface area contributed by atoms with Gasteiger partial charge in [0, 0.05) is 5.04 Å². The predicted octanol–water partition coefficient (Wildman–Crippen LogP) is 6.85. The Labute approximate surface area is 196 Å². The first-order valence-corrected chi connectivity index (χ1v) is 13.5. The van der Waals surface area contributed by atoms with Crippen molar-refractivity contribution in [3.63, 3.8) is 0 Å². The van der Waals surface area contributed by atoms with Crippen LogP contribution in [0, 0.1) is 27.7 Å². The van der Waals surface area contributed by atoms with Gasteiger partial charge in [0.1, 0.15) is 8.80 Å². The number of aryl methyl sites for hydroxylation is 4. The predicted molar refractivity (Wildman–Crippen MR) is 144 cm³/mol. The highest BCUT2D eigenvalue weighted by Crippen LogP contribution is 2.58. The maximum absolute atomic E-state index is 2.54. The zero-order valence-electron chi connectivity index (χ0n) is 20.9. The summed E-state index contributed by atoms with van der Waals surface area (Å²) in [5.74, 6) is 0. The van der Waals surface area contributed by atoms with E-state index in [1.165, 1.54) is 44.5 Å². The van der Waals surface area contributed by atoms with Crippen LogP contribution in [0.3, 0.4) is 0 Å². The number of hydrogen-bond donors (Lipinski definition) is 0. The van der Waals surface area contributed by atoms with Crippen LogP contribution in [0.1, 0.15) is 55.5 Å². The molecule has 1 atom stereocenters. The van der Waals surface area contributed by atoms with E-state index in [9.17, 15) is 0 Å². The van der Waals surface area contributed by atoms with Crippen molar-refractivity contribution in [1.82, 2.24) is 0 Å². The smallest absolute Gasteiger partial charge is 0.0624 e. The van der Waals surface area contributed by atoms with Crippen molar-refractivity contribution in [1.29, 1.82) is 0 Å². The first kappa shape index (κ1) is 22.5. The first-order chi connectivity index (χ1) is 15.2. The fourth-order valence-electron chi connectivity index (χ4n) is 6.01. The van der Waals surface area contributed by atoms with Crippen LogP contribution in [0.5, 0.6) is 0 Å². The Bertz CT molecular complexity index is 1190. The van der Waals surface area contributed by atoms with E-state index in [4.69, 9.17) is 0 Å². The average Bonchev–Trinajstić information content (AvgIpc) is 2.92. The largest absolute Gasteiger partial charge is 0.118 e. The van der Waals surface area contributed by atoms with Gasteiger partial charge in [-0.05, 0) is 70.7 Å². The summed E-state index contributed by atoms with van der Waals surface area (Å²) >= 11 is 0. The Hall–Kier alpha value is -2.64. The van der Waals surface area contributed by atoms with E-state index in [1.54, 1.807) is 15.9 Å². The molecule has 3 aromatic carbocycles. The molecule has 3 aromatic rings. The quantitative estimate of drug-likeness (QED) is 0.393. The van der Waals surface area contributed by atoms with Crippen LogP contribution in [-0.2, 0) is 0 Å². The topological polar surface area (TPSA) is 0 Å². The van der Waals surface area contributed by atoms with Gasteiger partial charge in [-0.3, -0.25) is 0 Å². The van der Waals surface area contributed by atoms with Gasteiger partial charge in [-0.2, -0.15) is 0 Å².